The van der Waals surface area contributed by atoms with Crippen molar-refractivity contribution in [2.24, 2.45) is 0 Å². The average molecular weight is 293 g/mol. The number of imide groups is 1. The summed E-state index contributed by atoms with van der Waals surface area (Å²) >= 11 is 0. The van der Waals surface area contributed by atoms with Gasteiger partial charge in [-0.05, 0) is 28.8 Å². The number of hydrogen-bond donors (Lipinski definition) is 1. The monoisotopic (exact) mass is 293 g/mol. The Hall–Kier alpha value is -2.31. The van der Waals surface area contributed by atoms with Crippen LogP contribution >= 0.6 is 0 Å². The summed E-state index contributed by atoms with van der Waals surface area (Å²) in [5.74, 6) is -1.24. The highest BCUT2D eigenvalue weighted by atomic mass is 16.6. The maximum absolute atomic E-state index is 11.9. The van der Waals surface area contributed by atoms with Crippen LogP contribution in [0, 0.1) is 17.0 Å². The average Bonchev–Trinajstić information content (AvgIpc) is 2.43. The summed E-state index contributed by atoms with van der Waals surface area (Å²) < 4.78 is 0. The third kappa shape index (κ3) is 5.29. The second kappa shape index (κ2) is 8.08. The predicted octanol–water partition coefficient (Wildman–Crippen LogP) is 2.53. The lowest BCUT2D eigenvalue weighted by atomic mass is 10.1. The van der Waals surface area contributed by atoms with Crippen molar-refractivity contribution in [2.45, 2.75) is 46.0 Å². The van der Waals surface area contributed by atoms with Gasteiger partial charge in [-0.2, -0.15) is 0 Å². The zero-order chi connectivity index (χ0) is 15.8. The summed E-state index contributed by atoms with van der Waals surface area (Å²) in [6.07, 6.45) is 5.25. The molecule has 0 aliphatic heterocycles. The Morgan fingerprint density at radius 2 is 2.05 bits per heavy atom. The topological polar surface area (TPSA) is 102 Å². The number of aromatic nitrogens is 1. The second-order valence-electron chi connectivity index (χ2n) is 4.80. The Balaban J connectivity index is 2.59. The van der Waals surface area contributed by atoms with E-state index in [0.29, 0.717) is 12.0 Å². The molecule has 0 saturated heterocycles. The molecule has 114 valence electrons. The Morgan fingerprint density at radius 1 is 1.33 bits per heavy atom. The van der Waals surface area contributed by atoms with Gasteiger partial charge >= 0.3 is 5.82 Å². The van der Waals surface area contributed by atoms with E-state index in [2.05, 4.69) is 17.2 Å². The van der Waals surface area contributed by atoms with Crippen LogP contribution in [0.15, 0.2) is 12.3 Å². The van der Waals surface area contributed by atoms with Crippen molar-refractivity contribution < 1.29 is 14.5 Å². The Labute approximate surface area is 122 Å². The van der Waals surface area contributed by atoms with Gasteiger partial charge in [0.05, 0.1) is 5.56 Å². The van der Waals surface area contributed by atoms with Crippen molar-refractivity contribution in [1.29, 1.82) is 0 Å². The van der Waals surface area contributed by atoms with Crippen LogP contribution < -0.4 is 5.32 Å². The summed E-state index contributed by atoms with van der Waals surface area (Å²) in [5, 5.41) is 12.8. The van der Waals surface area contributed by atoms with E-state index in [4.69, 9.17) is 0 Å². The first-order valence-corrected chi connectivity index (χ1v) is 6.91. The van der Waals surface area contributed by atoms with Gasteiger partial charge in [0.25, 0.3) is 5.91 Å². The first kappa shape index (κ1) is 16.7. The van der Waals surface area contributed by atoms with Gasteiger partial charge in [0.2, 0.25) is 5.91 Å². The van der Waals surface area contributed by atoms with Crippen LogP contribution in [0.1, 0.15) is 54.9 Å². The first-order valence-electron chi connectivity index (χ1n) is 6.91. The quantitative estimate of drug-likeness (QED) is 0.472. The summed E-state index contributed by atoms with van der Waals surface area (Å²) in [4.78, 5) is 37.0. The number of nitrogens with one attached hydrogen (secondary N) is 1. The summed E-state index contributed by atoms with van der Waals surface area (Å²) in [6, 6.07) is 1.21. The third-order valence-corrected chi connectivity index (χ3v) is 3.04. The fourth-order valence-electron chi connectivity index (χ4n) is 1.85. The van der Waals surface area contributed by atoms with Crippen molar-refractivity contribution in [3.05, 3.63) is 33.5 Å². The molecule has 1 aromatic heterocycles. The van der Waals surface area contributed by atoms with Crippen LogP contribution in [0.2, 0.25) is 0 Å². The van der Waals surface area contributed by atoms with Crippen LogP contribution in [0.25, 0.3) is 0 Å². The minimum absolute atomic E-state index is 0.169. The molecule has 0 unspecified atom stereocenters. The lowest BCUT2D eigenvalue weighted by Crippen LogP contribution is -2.30. The molecule has 0 aliphatic carbocycles. The minimum atomic E-state index is -0.631. The first-order chi connectivity index (χ1) is 9.95. The molecule has 1 rings (SSSR count). The Bertz CT molecular complexity index is 543. The molecule has 0 aromatic carbocycles. The molecule has 0 spiro atoms. The molecule has 0 fully saturated rings. The van der Waals surface area contributed by atoms with E-state index < -0.39 is 10.8 Å². The molecular formula is C14H19N3O4. The maximum atomic E-state index is 11.9. The number of hydrogen-bond acceptors (Lipinski definition) is 5. The zero-order valence-corrected chi connectivity index (χ0v) is 12.2. The highest BCUT2D eigenvalue weighted by Gasteiger charge is 2.17. The van der Waals surface area contributed by atoms with Crippen LogP contribution in [-0.4, -0.2) is 21.7 Å². The van der Waals surface area contributed by atoms with Crippen molar-refractivity contribution in [3.63, 3.8) is 0 Å². The van der Waals surface area contributed by atoms with E-state index in [1.807, 2.05) is 0 Å². The molecule has 0 bridgehead atoms. The fourth-order valence-corrected chi connectivity index (χ4v) is 1.85. The molecule has 7 nitrogen and oxygen atoms in total. The molecule has 0 atom stereocenters. The van der Waals surface area contributed by atoms with Gasteiger partial charge in [0, 0.05) is 12.5 Å². The summed E-state index contributed by atoms with van der Waals surface area (Å²) in [7, 11) is 0. The minimum Gasteiger partial charge on any atom is -0.358 e. The van der Waals surface area contributed by atoms with E-state index >= 15 is 0 Å². The lowest BCUT2D eigenvalue weighted by Gasteiger charge is -2.05. The van der Waals surface area contributed by atoms with Crippen LogP contribution in [-0.2, 0) is 4.79 Å². The number of carbonyl (C=O) groups excluding carboxylic acids is 2. The summed E-state index contributed by atoms with van der Waals surface area (Å²) in [5.41, 5.74) is 0.579. The molecule has 1 N–H and O–H groups in total. The van der Waals surface area contributed by atoms with Crippen molar-refractivity contribution in [3.8, 4) is 0 Å². The van der Waals surface area contributed by atoms with E-state index in [0.717, 1.165) is 31.9 Å². The van der Waals surface area contributed by atoms with Gasteiger partial charge in [-0.25, -0.2) is 0 Å². The Kier molecular flexibility index (Phi) is 6.45. The molecule has 0 aliphatic rings. The molecule has 1 aromatic rings. The van der Waals surface area contributed by atoms with Crippen LogP contribution in [0.4, 0.5) is 5.82 Å². The van der Waals surface area contributed by atoms with Crippen LogP contribution in [0.5, 0.6) is 0 Å². The van der Waals surface area contributed by atoms with Gasteiger partial charge in [0.1, 0.15) is 0 Å². The predicted molar refractivity (Wildman–Crippen MR) is 76.9 cm³/mol. The zero-order valence-electron chi connectivity index (χ0n) is 12.2. The fraction of sp³-hybridized carbons (Fsp3) is 0.500. The number of unbranched alkanes of at least 4 members (excludes halogenated alkanes) is 3. The van der Waals surface area contributed by atoms with Crippen LogP contribution in [0.3, 0.4) is 0 Å². The second-order valence-corrected chi connectivity index (χ2v) is 4.80. The van der Waals surface area contributed by atoms with Gasteiger partial charge in [-0.1, -0.05) is 26.2 Å². The largest absolute Gasteiger partial charge is 0.363 e. The molecule has 0 saturated carbocycles. The molecule has 2 amide bonds. The highest BCUT2D eigenvalue weighted by molar-refractivity contribution is 6.05. The number of aryl methyl sites for hydroxylation is 1. The van der Waals surface area contributed by atoms with E-state index in [1.165, 1.54) is 6.07 Å². The number of rotatable bonds is 7. The van der Waals surface area contributed by atoms with E-state index in [9.17, 15) is 19.7 Å². The van der Waals surface area contributed by atoms with Crippen molar-refractivity contribution >= 4 is 17.6 Å². The highest BCUT2D eigenvalue weighted by Crippen LogP contribution is 2.13. The smallest absolute Gasteiger partial charge is 0.358 e. The molecule has 0 radical (unpaired) electrons. The van der Waals surface area contributed by atoms with Gasteiger partial charge in [-0.15, -0.1) is 0 Å². The van der Waals surface area contributed by atoms with E-state index in [-0.39, 0.29) is 17.3 Å². The molecule has 21 heavy (non-hydrogen) atoms. The Morgan fingerprint density at radius 3 is 2.62 bits per heavy atom. The number of amides is 2. The molecule has 1 heterocycles. The SMILES string of the molecule is CCCCCCC(=O)NC(=O)c1cnc([N+](=O)[O-])cc1C. The van der Waals surface area contributed by atoms with Crippen molar-refractivity contribution in [1.82, 2.24) is 10.3 Å². The molecular weight excluding hydrogens is 274 g/mol. The standard InChI is InChI=1S/C14H19N3O4/c1-3-4-5-6-7-13(18)16-14(19)11-9-15-12(17(20)21)8-10(11)2/h8-9H,3-7H2,1-2H3,(H,16,18,19). The van der Waals surface area contributed by atoms with Gasteiger partial charge in [-0.3, -0.25) is 14.9 Å². The van der Waals surface area contributed by atoms with Crippen molar-refractivity contribution in [2.75, 3.05) is 0 Å². The van der Waals surface area contributed by atoms with E-state index in [1.54, 1.807) is 6.92 Å². The lowest BCUT2D eigenvalue weighted by molar-refractivity contribution is -0.389. The van der Waals surface area contributed by atoms with Gasteiger partial charge in [0.15, 0.2) is 6.20 Å². The maximum Gasteiger partial charge on any atom is 0.363 e. The number of nitrogens with zero attached hydrogens (tertiary/aromatic N) is 2. The summed E-state index contributed by atoms with van der Waals surface area (Å²) in [6.45, 7) is 3.64. The number of carbonyl (C=O) groups is 2. The third-order valence-electron chi connectivity index (χ3n) is 3.04. The normalized spacial score (nSPS) is 10.2. The number of pyridine rings is 1. The van der Waals surface area contributed by atoms with Gasteiger partial charge < -0.3 is 10.1 Å². The number of nitro groups is 1. The molecule has 7 heteroatoms.